The number of halogens is 3. The summed E-state index contributed by atoms with van der Waals surface area (Å²) in [5, 5.41) is 2.47. The highest BCUT2D eigenvalue weighted by molar-refractivity contribution is 9.10. The van der Waals surface area contributed by atoms with Gasteiger partial charge in [-0.15, -0.1) is 0 Å². The maximum Gasteiger partial charge on any atom is 0.241 e. The molecule has 2 aromatic carbocycles. The van der Waals surface area contributed by atoms with Crippen molar-refractivity contribution in [1.82, 2.24) is 4.90 Å². The first-order valence-corrected chi connectivity index (χ1v) is 9.10. The van der Waals surface area contributed by atoms with Gasteiger partial charge in [-0.2, -0.15) is 0 Å². The molecule has 3 rings (SSSR count). The van der Waals surface area contributed by atoms with Crippen molar-refractivity contribution in [3.05, 3.63) is 64.1 Å². The summed E-state index contributed by atoms with van der Waals surface area (Å²) in [5.74, 6) is -1.65. The van der Waals surface area contributed by atoms with Crippen molar-refractivity contribution in [2.45, 2.75) is 19.1 Å². The van der Waals surface area contributed by atoms with Crippen LogP contribution in [0.2, 0.25) is 0 Å². The highest BCUT2D eigenvalue weighted by Gasteiger charge is 2.29. The van der Waals surface area contributed by atoms with E-state index in [9.17, 15) is 13.6 Å². The SMILES string of the molecule is CC(C(=O)Nc1cc(F)ccc1F)N1CCOC(c2ccc(Br)cc2)C1. The first kappa shape index (κ1) is 18.9. The summed E-state index contributed by atoms with van der Waals surface area (Å²) >= 11 is 3.40. The van der Waals surface area contributed by atoms with Crippen molar-refractivity contribution < 1.29 is 18.3 Å². The monoisotopic (exact) mass is 424 g/mol. The lowest BCUT2D eigenvalue weighted by Crippen LogP contribution is -2.48. The third kappa shape index (κ3) is 4.47. The molecule has 1 aliphatic heterocycles. The van der Waals surface area contributed by atoms with Crippen molar-refractivity contribution in [1.29, 1.82) is 0 Å². The van der Waals surface area contributed by atoms with Gasteiger partial charge in [-0.05, 0) is 36.8 Å². The standard InChI is InChI=1S/C19H19BrF2N2O2/c1-12(19(25)23-17-10-15(21)6-7-16(17)22)24-8-9-26-18(11-24)13-2-4-14(20)5-3-13/h2-7,10,12,18H,8-9,11H2,1H3,(H,23,25). The third-order valence-electron chi connectivity index (χ3n) is 4.45. The molecule has 2 atom stereocenters. The number of carbonyl (C=O) groups excluding carboxylic acids is 1. The van der Waals surface area contributed by atoms with E-state index in [2.05, 4.69) is 21.2 Å². The summed E-state index contributed by atoms with van der Waals surface area (Å²) in [6.07, 6.45) is -0.141. The second kappa shape index (κ2) is 8.24. The van der Waals surface area contributed by atoms with Gasteiger partial charge >= 0.3 is 0 Å². The Morgan fingerprint density at radius 2 is 2.00 bits per heavy atom. The van der Waals surface area contributed by atoms with Crippen LogP contribution >= 0.6 is 15.9 Å². The number of rotatable bonds is 4. The van der Waals surface area contributed by atoms with E-state index in [1.54, 1.807) is 6.92 Å². The Bertz CT molecular complexity index is 786. The van der Waals surface area contributed by atoms with Gasteiger partial charge in [0.25, 0.3) is 0 Å². The molecule has 1 fully saturated rings. The third-order valence-corrected chi connectivity index (χ3v) is 4.98. The van der Waals surface area contributed by atoms with E-state index < -0.39 is 17.7 Å². The minimum atomic E-state index is -0.665. The van der Waals surface area contributed by atoms with E-state index in [1.807, 2.05) is 29.2 Å². The fraction of sp³-hybridized carbons (Fsp3) is 0.316. The second-order valence-electron chi connectivity index (χ2n) is 6.20. The van der Waals surface area contributed by atoms with E-state index in [1.165, 1.54) is 0 Å². The Labute approximate surface area is 159 Å². The Balaban J connectivity index is 1.66. The van der Waals surface area contributed by atoms with Gasteiger partial charge in [0.2, 0.25) is 5.91 Å². The molecule has 7 heteroatoms. The minimum absolute atomic E-state index is 0.141. The quantitative estimate of drug-likeness (QED) is 0.801. The molecule has 1 N–H and O–H groups in total. The Morgan fingerprint density at radius 3 is 2.73 bits per heavy atom. The average Bonchev–Trinajstić information content (AvgIpc) is 2.64. The number of nitrogens with one attached hydrogen (secondary N) is 1. The number of ether oxygens (including phenoxy) is 1. The number of carbonyl (C=O) groups is 1. The van der Waals surface area contributed by atoms with Gasteiger partial charge in [0, 0.05) is 23.6 Å². The Hall–Kier alpha value is -1.83. The van der Waals surface area contributed by atoms with Crippen molar-refractivity contribution in [3.8, 4) is 0 Å². The number of hydrogen-bond donors (Lipinski definition) is 1. The maximum absolute atomic E-state index is 13.7. The van der Waals surface area contributed by atoms with Gasteiger partial charge in [-0.3, -0.25) is 9.69 Å². The fourth-order valence-electron chi connectivity index (χ4n) is 2.90. The average molecular weight is 425 g/mol. The highest BCUT2D eigenvalue weighted by Crippen LogP contribution is 2.25. The molecule has 0 spiro atoms. The summed E-state index contributed by atoms with van der Waals surface area (Å²) in [6.45, 7) is 3.37. The lowest BCUT2D eigenvalue weighted by atomic mass is 10.1. The summed E-state index contributed by atoms with van der Waals surface area (Å²) in [5.41, 5.74) is 0.876. The predicted octanol–water partition coefficient (Wildman–Crippen LogP) is 4.13. The molecule has 1 amide bonds. The van der Waals surface area contributed by atoms with Crippen LogP contribution in [-0.2, 0) is 9.53 Å². The van der Waals surface area contributed by atoms with Crippen LogP contribution in [0.25, 0.3) is 0 Å². The summed E-state index contributed by atoms with van der Waals surface area (Å²) in [4.78, 5) is 14.4. The predicted molar refractivity (Wildman–Crippen MR) is 98.9 cm³/mol. The second-order valence-corrected chi connectivity index (χ2v) is 7.11. The van der Waals surface area contributed by atoms with Crippen LogP contribution in [0.3, 0.4) is 0 Å². The van der Waals surface area contributed by atoms with Crippen LogP contribution in [-0.4, -0.2) is 36.5 Å². The van der Waals surface area contributed by atoms with Gasteiger partial charge in [0.15, 0.2) is 0 Å². The topological polar surface area (TPSA) is 41.6 Å². The van der Waals surface area contributed by atoms with Crippen molar-refractivity contribution in [3.63, 3.8) is 0 Å². The Kier molecular flexibility index (Phi) is 6.01. The van der Waals surface area contributed by atoms with E-state index in [0.717, 1.165) is 28.2 Å². The summed E-state index contributed by atoms with van der Waals surface area (Å²) < 4.78 is 33.8. The molecule has 1 heterocycles. The zero-order valence-corrected chi connectivity index (χ0v) is 15.8. The molecule has 2 aromatic rings. The molecular weight excluding hydrogens is 406 g/mol. The largest absolute Gasteiger partial charge is 0.371 e. The number of morpholine rings is 1. The van der Waals surface area contributed by atoms with Gasteiger partial charge < -0.3 is 10.1 Å². The summed E-state index contributed by atoms with van der Waals surface area (Å²) in [6, 6.07) is 10.3. The van der Waals surface area contributed by atoms with Crippen molar-refractivity contribution >= 4 is 27.5 Å². The zero-order valence-electron chi connectivity index (χ0n) is 14.2. The van der Waals surface area contributed by atoms with Crippen LogP contribution in [0.5, 0.6) is 0 Å². The van der Waals surface area contributed by atoms with Crippen LogP contribution in [0, 0.1) is 11.6 Å². The van der Waals surface area contributed by atoms with Gasteiger partial charge in [-0.25, -0.2) is 8.78 Å². The lowest BCUT2D eigenvalue weighted by molar-refractivity contribution is -0.124. The smallest absolute Gasteiger partial charge is 0.241 e. The number of anilines is 1. The van der Waals surface area contributed by atoms with Gasteiger partial charge in [-0.1, -0.05) is 28.1 Å². The molecule has 0 saturated carbocycles. The molecule has 4 nitrogen and oxygen atoms in total. The van der Waals surface area contributed by atoms with Crippen molar-refractivity contribution in [2.24, 2.45) is 0 Å². The molecule has 0 radical (unpaired) electrons. The number of amides is 1. The highest BCUT2D eigenvalue weighted by atomic mass is 79.9. The molecule has 0 aliphatic carbocycles. The molecule has 2 unspecified atom stereocenters. The number of benzene rings is 2. The molecule has 26 heavy (non-hydrogen) atoms. The van der Waals surface area contributed by atoms with Crippen LogP contribution in [0.4, 0.5) is 14.5 Å². The molecule has 1 saturated heterocycles. The molecule has 1 aliphatic rings. The molecule has 0 aromatic heterocycles. The first-order valence-electron chi connectivity index (χ1n) is 8.31. The number of hydrogen-bond acceptors (Lipinski definition) is 3. The molecular formula is C19H19BrF2N2O2. The van der Waals surface area contributed by atoms with E-state index in [-0.39, 0.29) is 17.7 Å². The van der Waals surface area contributed by atoms with E-state index in [0.29, 0.717) is 19.7 Å². The van der Waals surface area contributed by atoms with E-state index in [4.69, 9.17) is 4.74 Å². The van der Waals surface area contributed by atoms with Crippen molar-refractivity contribution in [2.75, 3.05) is 25.0 Å². The van der Waals surface area contributed by atoms with Crippen LogP contribution in [0.1, 0.15) is 18.6 Å². The van der Waals surface area contributed by atoms with Gasteiger partial charge in [0.1, 0.15) is 11.6 Å². The molecule has 138 valence electrons. The summed E-state index contributed by atoms with van der Waals surface area (Å²) in [7, 11) is 0. The van der Waals surface area contributed by atoms with Crippen LogP contribution < -0.4 is 5.32 Å². The molecule has 0 bridgehead atoms. The first-order chi connectivity index (χ1) is 12.4. The van der Waals surface area contributed by atoms with E-state index >= 15 is 0 Å². The minimum Gasteiger partial charge on any atom is -0.371 e. The maximum atomic E-state index is 13.7. The number of nitrogens with zero attached hydrogens (tertiary/aromatic N) is 1. The fourth-order valence-corrected chi connectivity index (χ4v) is 3.16. The Morgan fingerprint density at radius 1 is 1.27 bits per heavy atom. The zero-order chi connectivity index (χ0) is 18.7. The normalized spacial score (nSPS) is 19.2. The lowest BCUT2D eigenvalue weighted by Gasteiger charge is -2.36. The van der Waals surface area contributed by atoms with Crippen LogP contribution in [0.15, 0.2) is 46.9 Å². The van der Waals surface area contributed by atoms with Gasteiger partial charge in [0.05, 0.1) is 24.4 Å².